The summed E-state index contributed by atoms with van der Waals surface area (Å²) in [5.74, 6) is -0.183. The second-order valence-electron chi connectivity index (χ2n) is 27.5. The van der Waals surface area contributed by atoms with Crippen LogP contribution >= 0.6 is 0 Å². The zero-order valence-corrected chi connectivity index (χ0v) is 60.8. The lowest BCUT2D eigenvalue weighted by atomic mass is 9.99. The Labute approximate surface area is 574 Å². The number of aliphatic hydroxyl groups excluding tert-OH is 5. The summed E-state index contributed by atoms with van der Waals surface area (Å²) in [6.07, 6.45) is 98.4. The van der Waals surface area contributed by atoms with Crippen LogP contribution in [-0.4, -0.2) is 87.5 Å². The number of carbonyl (C=O) groups is 1. The molecule has 0 aromatic carbocycles. The number of ether oxygens (including phenoxy) is 2. The lowest BCUT2D eigenvalue weighted by molar-refractivity contribution is -0.302. The molecule has 0 aromatic heterocycles. The van der Waals surface area contributed by atoms with Gasteiger partial charge < -0.3 is 40.3 Å². The highest BCUT2D eigenvalue weighted by Gasteiger charge is 2.44. The van der Waals surface area contributed by atoms with E-state index in [2.05, 4.69) is 104 Å². The number of hydrogen-bond acceptors (Lipinski definition) is 8. The van der Waals surface area contributed by atoms with E-state index in [1.165, 1.54) is 276 Å². The average Bonchev–Trinajstić information content (AvgIpc) is 1.01. The van der Waals surface area contributed by atoms with E-state index < -0.39 is 49.5 Å². The van der Waals surface area contributed by atoms with E-state index in [1.807, 2.05) is 6.08 Å². The van der Waals surface area contributed by atoms with Crippen LogP contribution in [-0.2, 0) is 14.3 Å². The van der Waals surface area contributed by atoms with Crippen molar-refractivity contribution < 1.29 is 39.8 Å². The molecule has 7 atom stereocenters. The lowest BCUT2D eigenvalue weighted by Gasteiger charge is -2.40. The highest BCUT2D eigenvalue weighted by molar-refractivity contribution is 5.76. The maximum atomic E-state index is 13.2. The summed E-state index contributed by atoms with van der Waals surface area (Å²) >= 11 is 0. The Kier molecular flexibility index (Phi) is 68.1. The van der Waals surface area contributed by atoms with Crippen molar-refractivity contribution in [1.82, 2.24) is 5.32 Å². The van der Waals surface area contributed by atoms with Crippen LogP contribution in [0.15, 0.2) is 97.2 Å². The van der Waals surface area contributed by atoms with Crippen LogP contribution in [0.3, 0.4) is 0 Å². The fourth-order valence-electron chi connectivity index (χ4n) is 12.5. The molecule has 0 bridgehead atoms. The molecule has 0 spiro atoms. The molecular weight excluding hydrogens is 1150 g/mol. The summed E-state index contributed by atoms with van der Waals surface area (Å²) < 4.78 is 11.3. The number of carbonyl (C=O) groups excluding carboxylic acids is 1. The smallest absolute Gasteiger partial charge is 0.220 e. The van der Waals surface area contributed by atoms with Crippen molar-refractivity contribution in [3.05, 3.63) is 97.2 Å². The van der Waals surface area contributed by atoms with Gasteiger partial charge in [0.05, 0.1) is 25.4 Å². The lowest BCUT2D eigenvalue weighted by Crippen LogP contribution is -2.60. The molecule has 1 saturated heterocycles. The molecule has 0 aromatic rings. The predicted molar refractivity (Wildman–Crippen MR) is 401 cm³/mol. The molecular formula is C84H151NO8. The number of unbranched alkanes of at least 4 members (excludes halogenated alkanes) is 46. The molecule has 1 aliphatic heterocycles. The Morgan fingerprint density at radius 3 is 1.03 bits per heavy atom. The molecule has 0 aliphatic carbocycles. The summed E-state index contributed by atoms with van der Waals surface area (Å²) in [5, 5.41) is 54.9. The highest BCUT2D eigenvalue weighted by Crippen LogP contribution is 2.24. The van der Waals surface area contributed by atoms with Gasteiger partial charge in [0, 0.05) is 6.42 Å². The van der Waals surface area contributed by atoms with Gasteiger partial charge >= 0.3 is 0 Å². The Morgan fingerprint density at radius 2 is 0.677 bits per heavy atom. The van der Waals surface area contributed by atoms with Crippen LogP contribution in [0.2, 0.25) is 0 Å². The van der Waals surface area contributed by atoms with Crippen molar-refractivity contribution >= 4 is 5.91 Å². The van der Waals surface area contributed by atoms with Crippen LogP contribution in [0, 0.1) is 0 Å². The monoisotopic (exact) mass is 1300 g/mol. The topological polar surface area (TPSA) is 149 Å². The zero-order chi connectivity index (χ0) is 67.1. The normalized spacial score (nSPS) is 18.1. The summed E-state index contributed by atoms with van der Waals surface area (Å²) in [6, 6.07) is -0.828. The second-order valence-corrected chi connectivity index (χ2v) is 27.5. The van der Waals surface area contributed by atoms with Crippen molar-refractivity contribution in [2.75, 3.05) is 13.2 Å². The molecule has 93 heavy (non-hydrogen) atoms. The van der Waals surface area contributed by atoms with E-state index in [-0.39, 0.29) is 12.5 Å². The minimum Gasteiger partial charge on any atom is -0.394 e. The van der Waals surface area contributed by atoms with Gasteiger partial charge in [-0.2, -0.15) is 0 Å². The maximum Gasteiger partial charge on any atom is 0.220 e. The van der Waals surface area contributed by atoms with Gasteiger partial charge in [-0.3, -0.25) is 4.79 Å². The molecule has 9 heteroatoms. The van der Waals surface area contributed by atoms with Gasteiger partial charge in [0.2, 0.25) is 5.91 Å². The van der Waals surface area contributed by atoms with Gasteiger partial charge in [-0.1, -0.05) is 381 Å². The number of amides is 1. The molecule has 9 nitrogen and oxygen atoms in total. The molecule has 1 heterocycles. The van der Waals surface area contributed by atoms with Crippen molar-refractivity contribution in [2.45, 2.75) is 416 Å². The van der Waals surface area contributed by atoms with Crippen LogP contribution in [0.25, 0.3) is 0 Å². The molecule has 1 amide bonds. The minimum atomic E-state index is -1.58. The third-order valence-corrected chi connectivity index (χ3v) is 18.6. The largest absolute Gasteiger partial charge is 0.394 e. The summed E-state index contributed by atoms with van der Waals surface area (Å²) in [7, 11) is 0. The highest BCUT2D eigenvalue weighted by atomic mass is 16.7. The first-order chi connectivity index (χ1) is 45.8. The standard InChI is InChI=1S/C84H151NO8/c1-3-5-7-9-11-13-15-17-19-21-23-25-27-29-31-33-35-37-38-39-40-42-44-46-48-50-52-54-56-58-60-62-64-66-68-70-72-74-80(88)85-77(76-92-84-83(91)82(90)81(89)79(75-86)93-84)78(87)73-71-69-67-65-63-61-59-57-55-53-51-49-47-45-43-41-36-34-32-30-28-26-24-22-20-18-16-14-12-10-8-6-4-2/h5,7,11,13,17,19,23,25,29,31,35,37,63,65,71,73,77-79,81-84,86-87,89-91H,3-4,6,8-10,12,14-16,18,20-22,24,26-28,30,32-34,36,38-62,64,66-70,72,74-76H2,1-2H3,(H,85,88)/b7-5-,13-11-,19-17-,25-23-,31-29-,37-35-,65-63+,73-71+. The molecule has 7 unspecified atom stereocenters. The first kappa shape index (κ1) is 88.1. The van der Waals surface area contributed by atoms with Gasteiger partial charge in [0.25, 0.3) is 0 Å². The zero-order valence-electron chi connectivity index (χ0n) is 60.8. The van der Waals surface area contributed by atoms with Crippen molar-refractivity contribution in [2.24, 2.45) is 0 Å². The Hall–Kier alpha value is -2.89. The van der Waals surface area contributed by atoms with Gasteiger partial charge in [0.1, 0.15) is 24.4 Å². The quantitative estimate of drug-likeness (QED) is 0.0261. The van der Waals surface area contributed by atoms with Crippen LogP contribution < -0.4 is 5.32 Å². The molecule has 1 fully saturated rings. The number of nitrogens with one attached hydrogen (secondary N) is 1. The fraction of sp³-hybridized carbons (Fsp3) is 0.798. The SMILES string of the molecule is CC/C=C\C/C=C\C/C=C\C/C=C\C/C=C\C/C=C\CCCCCCCCCCCCCCCCCCCCC(=O)NC(COC1OC(CO)C(O)C(O)C1O)C(O)/C=C/CC/C=C/CCCCCCCCCCCCCCCCCCCCCCCCCCCCC. The van der Waals surface area contributed by atoms with E-state index in [0.717, 1.165) is 77.0 Å². The number of hydrogen-bond donors (Lipinski definition) is 6. The van der Waals surface area contributed by atoms with Gasteiger partial charge in [-0.15, -0.1) is 0 Å². The van der Waals surface area contributed by atoms with Crippen molar-refractivity contribution in [3.8, 4) is 0 Å². The van der Waals surface area contributed by atoms with E-state index in [1.54, 1.807) is 6.08 Å². The fourth-order valence-corrected chi connectivity index (χ4v) is 12.5. The Morgan fingerprint density at radius 1 is 0.376 bits per heavy atom. The molecule has 0 saturated carbocycles. The first-order valence-corrected chi connectivity index (χ1v) is 40.0. The maximum absolute atomic E-state index is 13.2. The van der Waals surface area contributed by atoms with Gasteiger partial charge in [-0.05, 0) is 83.5 Å². The predicted octanol–water partition coefficient (Wildman–Crippen LogP) is 23.0. The number of aliphatic hydroxyl groups is 5. The van der Waals surface area contributed by atoms with E-state index in [9.17, 15) is 30.3 Å². The van der Waals surface area contributed by atoms with Gasteiger partial charge in [0.15, 0.2) is 6.29 Å². The number of allylic oxidation sites excluding steroid dienone is 15. The van der Waals surface area contributed by atoms with E-state index >= 15 is 0 Å². The Balaban J connectivity index is 2.09. The molecule has 1 aliphatic rings. The molecule has 1 rings (SSSR count). The van der Waals surface area contributed by atoms with E-state index in [4.69, 9.17) is 9.47 Å². The van der Waals surface area contributed by atoms with Crippen molar-refractivity contribution in [1.29, 1.82) is 0 Å². The molecule has 6 N–H and O–H groups in total. The average molecular weight is 1300 g/mol. The second kappa shape index (κ2) is 71.9. The molecule has 0 radical (unpaired) electrons. The summed E-state index contributed by atoms with van der Waals surface area (Å²) in [5.41, 5.74) is 0. The first-order valence-electron chi connectivity index (χ1n) is 40.0. The molecule has 540 valence electrons. The minimum absolute atomic E-state index is 0.183. The van der Waals surface area contributed by atoms with Gasteiger partial charge in [-0.25, -0.2) is 0 Å². The Bertz CT molecular complexity index is 1800. The number of rotatable bonds is 70. The van der Waals surface area contributed by atoms with Crippen LogP contribution in [0.5, 0.6) is 0 Å². The van der Waals surface area contributed by atoms with Crippen LogP contribution in [0.4, 0.5) is 0 Å². The third kappa shape index (κ3) is 60.1. The van der Waals surface area contributed by atoms with E-state index in [0.29, 0.717) is 6.42 Å². The summed E-state index contributed by atoms with van der Waals surface area (Å²) in [6.45, 7) is 3.70. The third-order valence-electron chi connectivity index (χ3n) is 18.6. The summed E-state index contributed by atoms with van der Waals surface area (Å²) in [4.78, 5) is 13.2. The van der Waals surface area contributed by atoms with Crippen LogP contribution in [0.1, 0.15) is 373 Å². The van der Waals surface area contributed by atoms with Crippen molar-refractivity contribution in [3.63, 3.8) is 0 Å².